The molecule has 108 valence electrons. The zero-order valence-electron chi connectivity index (χ0n) is 11.9. The van der Waals surface area contributed by atoms with Gasteiger partial charge in [0.25, 0.3) is 0 Å². The average molecular weight is 267 g/mol. The van der Waals surface area contributed by atoms with Gasteiger partial charge in [-0.2, -0.15) is 0 Å². The third-order valence-electron chi connectivity index (χ3n) is 4.00. The lowest BCUT2D eigenvalue weighted by molar-refractivity contribution is -0.123. The minimum absolute atomic E-state index is 0.0126. The van der Waals surface area contributed by atoms with Crippen LogP contribution in [-0.2, 0) is 9.59 Å². The lowest BCUT2D eigenvalue weighted by Gasteiger charge is -2.32. The van der Waals surface area contributed by atoms with E-state index in [-0.39, 0.29) is 17.9 Å². The third-order valence-corrected chi connectivity index (χ3v) is 4.00. The highest BCUT2D eigenvalue weighted by atomic mass is 16.2. The summed E-state index contributed by atoms with van der Waals surface area (Å²) in [5.41, 5.74) is 0. The minimum Gasteiger partial charge on any atom is -0.352 e. The van der Waals surface area contributed by atoms with Gasteiger partial charge in [0.05, 0.1) is 6.54 Å². The fraction of sp³-hybridized carbons (Fsp3) is 0.857. The zero-order chi connectivity index (χ0) is 13.8. The number of likely N-dealkylation sites (tertiary alicyclic amines) is 1. The van der Waals surface area contributed by atoms with Gasteiger partial charge in [-0.25, -0.2) is 0 Å². The molecule has 0 spiro atoms. The van der Waals surface area contributed by atoms with Crippen LogP contribution in [0.25, 0.3) is 0 Å². The Labute approximate surface area is 115 Å². The Hall–Kier alpha value is -1.10. The van der Waals surface area contributed by atoms with Crippen LogP contribution >= 0.6 is 0 Å². The van der Waals surface area contributed by atoms with Gasteiger partial charge >= 0.3 is 0 Å². The molecule has 0 aromatic rings. The first kappa shape index (κ1) is 14.3. The predicted octanol–water partition coefficient (Wildman–Crippen LogP) is 0.502. The number of rotatable bonds is 5. The van der Waals surface area contributed by atoms with E-state index in [1.54, 1.807) is 6.92 Å². The minimum atomic E-state index is 0.0126. The second-order valence-electron chi connectivity index (χ2n) is 5.97. The van der Waals surface area contributed by atoms with E-state index < -0.39 is 0 Å². The zero-order valence-corrected chi connectivity index (χ0v) is 11.9. The summed E-state index contributed by atoms with van der Waals surface area (Å²) in [4.78, 5) is 25.1. The maximum atomic E-state index is 11.9. The standard InChI is InChI=1S/C14H25N3O2/c1-10(12-5-6-12)15-14(19)9-17-7-3-4-13(8-17)16-11(2)18/h10,12-13H,3-9H2,1-2H3,(H,15,19)(H,16,18). The van der Waals surface area contributed by atoms with E-state index in [2.05, 4.69) is 22.5 Å². The van der Waals surface area contributed by atoms with Gasteiger partial charge in [-0.1, -0.05) is 0 Å². The SMILES string of the molecule is CC(=O)NC1CCCN(CC(=O)NC(C)C2CC2)C1. The van der Waals surface area contributed by atoms with Crippen molar-refractivity contribution in [1.29, 1.82) is 0 Å². The van der Waals surface area contributed by atoms with E-state index in [4.69, 9.17) is 0 Å². The molecule has 2 N–H and O–H groups in total. The third kappa shape index (κ3) is 4.82. The molecule has 1 heterocycles. The quantitative estimate of drug-likeness (QED) is 0.762. The number of hydrogen-bond acceptors (Lipinski definition) is 3. The Bertz CT molecular complexity index is 342. The van der Waals surface area contributed by atoms with Crippen LogP contribution in [0.1, 0.15) is 39.5 Å². The molecule has 0 bridgehead atoms. The Balaban J connectivity index is 1.71. The Morgan fingerprint density at radius 2 is 2.05 bits per heavy atom. The Morgan fingerprint density at radius 3 is 2.68 bits per heavy atom. The van der Waals surface area contributed by atoms with Gasteiger partial charge in [-0.05, 0) is 45.1 Å². The summed E-state index contributed by atoms with van der Waals surface area (Å²) < 4.78 is 0. The second kappa shape index (κ2) is 6.37. The molecular formula is C14H25N3O2. The van der Waals surface area contributed by atoms with E-state index in [1.165, 1.54) is 12.8 Å². The highest BCUT2D eigenvalue weighted by Gasteiger charge is 2.29. The molecule has 0 aromatic carbocycles. The summed E-state index contributed by atoms with van der Waals surface area (Å²) in [5, 5.41) is 6.02. The number of nitrogens with zero attached hydrogens (tertiary/aromatic N) is 1. The molecule has 2 fully saturated rings. The molecular weight excluding hydrogens is 242 g/mol. The van der Waals surface area contributed by atoms with Gasteiger partial charge in [-0.3, -0.25) is 14.5 Å². The lowest BCUT2D eigenvalue weighted by Crippen LogP contribution is -2.50. The molecule has 2 aliphatic rings. The smallest absolute Gasteiger partial charge is 0.234 e. The van der Waals surface area contributed by atoms with Crippen LogP contribution in [0.2, 0.25) is 0 Å². The monoisotopic (exact) mass is 267 g/mol. The lowest BCUT2D eigenvalue weighted by atomic mass is 10.1. The highest BCUT2D eigenvalue weighted by molar-refractivity contribution is 5.78. The van der Waals surface area contributed by atoms with Crippen molar-refractivity contribution < 1.29 is 9.59 Å². The fourth-order valence-electron chi connectivity index (χ4n) is 2.82. The molecule has 1 saturated carbocycles. The molecule has 19 heavy (non-hydrogen) atoms. The van der Waals surface area contributed by atoms with Gasteiger partial charge in [0.15, 0.2) is 0 Å². The number of piperidine rings is 1. The first-order chi connectivity index (χ1) is 9.04. The maximum absolute atomic E-state index is 11.9. The summed E-state index contributed by atoms with van der Waals surface area (Å²) in [6.07, 6.45) is 4.54. The van der Waals surface area contributed by atoms with E-state index in [0.29, 0.717) is 18.5 Å². The summed E-state index contributed by atoms with van der Waals surface area (Å²) >= 11 is 0. The summed E-state index contributed by atoms with van der Waals surface area (Å²) in [5.74, 6) is 0.818. The molecule has 2 amide bonds. The number of carbonyl (C=O) groups is 2. The molecule has 2 atom stereocenters. The molecule has 1 saturated heterocycles. The van der Waals surface area contributed by atoms with Crippen LogP contribution < -0.4 is 10.6 Å². The molecule has 0 radical (unpaired) electrons. The van der Waals surface area contributed by atoms with Crippen LogP contribution in [0, 0.1) is 5.92 Å². The van der Waals surface area contributed by atoms with E-state index in [9.17, 15) is 9.59 Å². The number of hydrogen-bond donors (Lipinski definition) is 2. The van der Waals surface area contributed by atoms with E-state index in [0.717, 1.165) is 25.9 Å². The summed E-state index contributed by atoms with van der Waals surface area (Å²) in [6.45, 7) is 5.81. The second-order valence-corrected chi connectivity index (χ2v) is 5.97. The number of amides is 2. The van der Waals surface area contributed by atoms with Crippen molar-refractivity contribution in [2.75, 3.05) is 19.6 Å². The van der Waals surface area contributed by atoms with Gasteiger partial charge in [0.1, 0.15) is 0 Å². The number of nitrogens with one attached hydrogen (secondary N) is 2. The van der Waals surface area contributed by atoms with Gasteiger partial charge < -0.3 is 10.6 Å². The maximum Gasteiger partial charge on any atom is 0.234 e. The van der Waals surface area contributed by atoms with Crippen LogP contribution in [-0.4, -0.2) is 48.4 Å². The van der Waals surface area contributed by atoms with Crippen molar-refractivity contribution in [1.82, 2.24) is 15.5 Å². The molecule has 1 aliphatic carbocycles. The molecule has 2 unspecified atom stereocenters. The average Bonchev–Trinajstić information content (AvgIpc) is 3.11. The van der Waals surface area contributed by atoms with E-state index >= 15 is 0 Å². The van der Waals surface area contributed by atoms with Crippen LogP contribution in [0.3, 0.4) is 0 Å². The summed E-state index contributed by atoms with van der Waals surface area (Å²) in [7, 11) is 0. The van der Waals surface area contributed by atoms with Crippen LogP contribution in [0.4, 0.5) is 0 Å². The van der Waals surface area contributed by atoms with Gasteiger partial charge in [0.2, 0.25) is 11.8 Å². The Kier molecular flexibility index (Phi) is 4.80. The van der Waals surface area contributed by atoms with Crippen molar-refractivity contribution in [2.24, 2.45) is 5.92 Å². The van der Waals surface area contributed by atoms with Crippen LogP contribution in [0.5, 0.6) is 0 Å². The topological polar surface area (TPSA) is 61.4 Å². The van der Waals surface area contributed by atoms with Crippen LogP contribution in [0.15, 0.2) is 0 Å². The molecule has 0 aromatic heterocycles. The first-order valence-corrected chi connectivity index (χ1v) is 7.33. The van der Waals surface area contributed by atoms with Crippen molar-refractivity contribution >= 4 is 11.8 Å². The van der Waals surface area contributed by atoms with Gasteiger partial charge in [-0.15, -0.1) is 0 Å². The fourth-order valence-corrected chi connectivity index (χ4v) is 2.82. The molecule has 5 nitrogen and oxygen atoms in total. The largest absolute Gasteiger partial charge is 0.352 e. The summed E-state index contributed by atoms with van der Waals surface area (Å²) in [6, 6.07) is 0.503. The number of carbonyl (C=O) groups excluding carboxylic acids is 2. The Morgan fingerprint density at radius 1 is 1.32 bits per heavy atom. The molecule has 1 aliphatic heterocycles. The molecule has 2 rings (SSSR count). The van der Waals surface area contributed by atoms with Gasteiger partial charge in [0, 0.05) is 25.6 Å². The first-order valence-electron chi connectivity index (χ1n) is 7.33. The normalized spacial score (nSPS) is 25.7. The van der Waals surface area contributed by atoms with E-state index in [1.807, 2.05) is 0 Å². The van der Waals surface area contributed by atoms with Crippen molar-refractivity contribution in [2.45, 2.75) is 51.6 Å². The molecule has 5 heteroatoms. The van der Waals surface area contributed by atoms with Crippen molar-refractivity contribution in [3.05, 3.63) is 0 Å². The van der Waals surface area contributed by atoms with Crippen molar-refractivity contribution in [3.63, 3.8) is 0 Å². The predicted molar refractivity (Wildman–Crippen MR) is 73.6 cm³/mol. The highest BCUT2D eigenvalue weighted by Crippen LogP contribution is 2.32. The van der Waals surface area contributed by atoms with Crippen molar-refractivity contribution in [3.8, 4) is 0 Å².